The molecule has 8 nitrogen and oxygen atoms in total. The maximum atomic E-state index is 14.3. The van der Waals surface area contributed by atoms with Crippen molar-refractivity contribution in [3.63, 3.8) is 0 Å². The molecule has 0 radical (unpaired) electrons. The third-order valence-electron chi connectivity index (χ3n) is 9.99. The standard InChI is InChI=1S/C38H42ClN5O3/c1-26-8-7-19-42(26)24-27-9-5-11-31(22-27)41-37(45)34-25-43(20-21-44(34)38(46)47-32-12-3-2-4-13-32)36-33-17-16-30(39)23-29(33)15-14-28-10-6-18-40-35(28)36/h5-11,16-19,22-23,32,34,36H,2-4,12-15,20-21,24-25H2,1H3,(H,41,45)/t34?,36-/m1/s1. The highest BCUT2D eigenvalue weighted by atomic mass is 35.5. The number of carbonyl (C=O) groups is 2. The average Bonchev–Trinajstić information content (AvgIpc) is 3.41. The van der Waals surface area contributed by atoms with Gasteiger partial charge in [-0.25, -0.2) is 4.79 Å². The first-order valence-corrected chi connectivity index (χ1v) is 17.3. The number of amides is 2. The molecule has 3 aliphatic rings. The minimum Gasteiger partial charge on any atom is -0.446 e. The zero-order chi connectivity index (χ0) is 32.3. The van der Waals surface area contributed by atoms with Crippen molar-refractivity contribution in [3.05, 3.63) is 118 Å². The smallest absolute Gasteiger partial charge is 0.410 e. The lowest BCUT2D eigenvalue weighted by molar-refractivity contribution is -0.123. The predicted octanol–water partition coefficient (Wildman–Crippen LogP) is 7.18. The number of piperazine rings is 1. The second-order valence-electron chi connectivity index (χ2n) is 13.1. The van der Waals surface area contributed by atoms with Gasteiger partial charge in [0.25, 0.3) is 0 Å². The van der Waals surface area contributed by atoms with Crippen LogP contribution in [-0.4, -0.2) is 63.1 Å². The lowest BCUT2D eigenvalue weighted by atomic mass is 9.95. The summed E-state index contributed by atoms with van der Waals surface area (Å²) in [4.78, 5) is 36.9. The van der Waals surface area contributed by atoms with Crippen molar-refractivity contribution in [2.45, 2.75) is 76.6 Å². The molecule has 2 aromatic carbocycles. The van der Waals surface area contributed by atoms with Gasteiger partial charge < -0.3 is 14.6 Å². The Labute approximate surface area is 281 Å². The van der Waals surface area contributed by atoms with Crippen molar-refractivity contribution in [2.75, 3.05) is 25.0 Å². The van der Waals surface area contributed by atoms with E-state index < -0.39 is 12.1 Å². The summed E-state index contributed by atoms with van der Waals surface area (Å²) in [7, 11) is 0. The van der Waals surface area contributed by atoms with Crippen molar-refractivity contribution in [2.24, 2.45) is 0 Å². The highest BCUT2D eigenvalue weighted by Crippen LogP contribution is 2.38. The maximum Gasteiger partial charge on any atom is 0.410 e. The van der Waals surface area contributed by atoms with E-state index in [1.807, 2.05) is 42.6 Å². The molecule has 1 saturated heterocycles. The molecule has 1 N–H and O–H groups in total. The van der Waals surface area contributed by atoms with Gasteiger partial charge in [-0.2, -0.15) is 0 Å². The number of hydrogen-bond acceptors (Lipinski definition) is 5. The van der Waals surface area contributed by atoms with E-state index in [-0.39, 0.29) is 18.1 Å². The van der Waals surface area contributed by atoms with Crippen LogP contribution in [0.15, 0.2) is 79.1 Å². The first-order valence-electron chi connectivity index (χ1n) is 16.9. The van der Waals surface area contributed by atoms with Crippen LogP contribution in [0.2, 0.25) is 5.02 Å². The molecule has 3 heterocycles. The third kappa shape index (κ3) is 6.94. The number of nitrogens with zero attached hydrogens (tertiary/aromatic N) is 4. The first kappa shape index (κ1) is 31.5. The highest BCUT2D eigenvalue weighted by Gasteiger charge is 2.41. The number of aromatic nitrogens is 2. The van der Waals surface area contributed by atoms with Gasteiger partial charge in [-0.15, -0.1) is 0 Å². The SMILES string of the molecule is Cc1cccn1Cc1cccc(NC(=O)C2CN([C@@H]3c4ccc(Cl)cc4CCc4cccnc43)CCN2C(=O)OC2CCCCC2)c1. The molecule has 1 saturated carbocycles. The van der Waals surface area contributed by atoms with Crippen molar-refractivity contribution in [1.29, 1.82) is 0 Å². The van der Waals surface area contributed by atoms with E-state index in [4.69, 9.17) is 21.3 Å². The minimum atomic E-state index is -0.749. The molecular formula is C38H42ClN5O3. The quantitative estimate of drug-likeness (QED) is 0.239. The van der Waals surface area contributed by atoms with E-state index in [0.717, 1.165) is 55.3 Å². The number of pyridine rings is 1. The fourth-order valence-corrected chi connectivity index (χ4v) is 7.67. The number of nitrogens with one attached hydrogen (secondary N) is 1. The minimum absolute atomic E-state index is 0.0959. The summed E-state index contributed by atoms with van der Waals surface area (Å²) in [5.74, 6) is -0.226. The molecule has 1 aliphatic heterocycles. The monoisotopic (exact) mass is 651 g/mol. The van der Waals surface area contributed by atoms with Crippen LogP contribution in [0, 0.1) is 6.92 Å². The lowest BCUT2D eigenvalue weighted by Crippen LogP contribution is -2.60. The van der Waals surface area contributed by atoms with Gasteiger partial charge in [-0.05, 0) is 110 Å². The molecule has 2 aromatic heterocycles. The number of halogens is 1. The van der Waals surface area contributed by atoms with E-state index in [0.29, 0.717) is 36.9 Å². The number of hydrogen-bond donors (Lipinski definition) is 1. The van der Waals surface area contributed by atoms with Gasteiger partial charge in [0, 0.05) is 55.0 Å². The Morgan fingerprint density at radius 1 is 0.957 bits per heavy atom. The average molecular weight is 652 g/mol. The maximum absolute atomic E-state index is 14.3. The third-order valence-corrected chi connectivity index (χ3v) is 10.2. The van der Waals surface area contributed by atoms with Crippen molar-refractivity contribution < 1.29 is 14.3 Å². The van der Waals surface area contributed by atoms with Gasteiger partial charge in [-0.1, -0.05) is 42.3 Å². The molecule has 1 unspecified atom stereocenters. The summed E-state index contributed by atoms with van der Waals surface area (Å²) in [6.45, 7) is 4.08. The number of fused-ring (bicyclic) bond motifs is 2. The topological polar surface area (TPSA) is 79.7 Å². The second kappa shape index (κ2) is 13.9. The van der Waals surface area contributed by atoms with Gasteiger partial charge in [0.1, 0.15) is 12.1 Å². The number of benzene rings is 2. The van der Waals surface area contributed by atoms with Crippen LogP contribution < -0.4 is 5.32 Å². The summed E-state index contributed by atoms with van der Waals surface area (Å²) in [5, 5.41) is 3.87. The van der Waals surface area contributed by atoms with Crippen LogP contribution >= 0.6 is 11.6 Å². The molecule has 0 spiro atoms. The predicted molar refractivity (Wildman–Crippen MR) is 184 cm³/mol. The summed E-state index contributed by atoms with van der Waals surface area (Å²) in [6, 6.07) is 21.4. The van der Waals surface area contributed by atoms with E-state index >= 15 is 0 Å². The molecule has 2 aliphatic carbocycles. The Hall–Kier alpha value is -4.14. The summed E-state index contributed by atoms with van der Waals surface area (Å²) in [6.07, 6.45) is 10.2. The van der Waals surface area contributed by atoms with Crippen LogP contribution in [0.4, 0.5) is 10.5 Å². The lowest BCUT2D eigenvalue weighted by Gasteiger charge is -2.43. The van der Waals surface area contributed by atoms with Crippen LogP contribution in [0.1, 0.15) is 71.8 Å². The van der Waals surface area contributed by atoms with Crippen molar-refractivity contribution in [1.82, 2.24) is 19.4 Å². The Morgan fingerprint density at radius 2 is 1.81 bits per heavy atom. The molecule has 2 fully saturated rings. The molecule has 0 bridgehead atoms. The molecule has 4 aromatic rings. The molecule has 7 rings (SSSR count). The van der Waals surface area contributed by atoms with E-state index in [1.54, 1.807) is 4.90 Å². The molecule has 2 atom stereocenters. The summed E-state index contributed by atoms with van der Waals surface area (Å²) < 4.78 is 8.21. The van der Waals surface area contributed by atoms with E-state index in [2.05, 4.69) is 58.2 Å². The van der Waals surface area contributed by atoms with Gasteiger partial charge >= 0.3 is 6.09 Å². The Kier molecular flexibility index (Phi) is 9.32. The van der Waals surface area contributed by atoms with Crippen LogP contribution in [-0.2, 0) is 28.9 Å². The van der Waals surface area contributed by atoms with Gasteiger partial charge in [0.15, 0.2) is 0 Å². The summed E-state index contributed by atoms with van der Waals surface area (Å²) >= 11 is 6.47. The van der Waals surface area contributed by atoms with Crippen LogP contribution in [0.5, 0.6) is 0 Å². The van der Waals surface area contributed by atoms with Crippen LogP contribution in [0.25, 0.3) is 0 Å². The number of rotatable bonds is 6. The fourth-order valence-electron chi connectivity index (χ4n) is 7.47. The first-order chi connectivity index (χ1) is 22.9. The Morgan fingerprint density at radius 3 is 2.64 bits per heavy atom. The zero-order valence-corrected chi connectivity index (χ0v) is 27.7. The largest absolute Gasteiger partial charge is 0.446 e. The highest BCUT2D eigenvalue weighted by molar-refractivity contribution is 6.30. The number of ether oxygens (including phenoxy) is 1. The second-order valence-corrected chi connectivity index (χ2v) is 13.5. The molecule has 47 heavy (non-hydrogen) atoms. The van der Waals surface area contributed by atoms with Crippen LogP contribution in [0.3, 0.4) is 0 Å². The molecule has 9 heteroatoms. The summed E-state index contributed by atoms with van der Waals surface area (Å²) in [5.41, 5.74) is 7.49. The van der Waals surface area contributed by atoms with E-state index in [9.17, 15) is 9.59 Å². The Bertz CT molecular complexity index is 1750. The number of aryl methyl sites for hydroxylation is 3. The number of anilines is 1. The zero-order valence-electron chi connectivity index (χ0n) is 26.9. The van der Waals surface area contributed by atoms with Gasteiger partial charge in [-0.3, -0.25) is 19.6 Å². The van der Waals surface area contributed by atoms with Crippen molar-refractivity contribution >= 4 is 29.3 Å². The van der Waals surface area contributed by atoms with Gasteiger partial charge in [0.05, 0.1) is 11.7 Å². The van der Waals surface area contributed by atoms with Crippen molar-refractivity contribution in [3.8, 4) is 0 Å². The number of carbonyl (C=O) groups excluding carboxylic acids is 2. The molecule has 244 valence electrons. The van der Waals surface area contributed by atoms with E-state index in [1.165, 1.54) is 23.2 Å². The molecular weight excluding hydrogens is 610 g/mol. The molecule has 2 amide bonds. The Balaban J connectivity index is 1.18. The fraction of sp³-hybridized carbons (Fsp3) is 0.395. The van der Waals surface area contributed by atoms with Gasteiger partial charge in [0.2, 0.25) is 5.91 Å². The normalized spacial score (nSPS) is 20.2.